The second-order valence-corrected chi connectivity index (χ2v) is 8.89. The standard InChI is InChI=1S/C23H21N5O3S/c1-15-7-13-19(14-8-15)32(30,31)28-23-22(26-20-5-3-4-6-21(20)27-23)25-18-11-9-17(10-12-18)24-16(2)29/h3-14H,1-2H3,(H,24,29)(H,25,26)(H,27,28). The summed E-state index contributed by atoms with van der Waals surface area (Å²) in [5, 5.41) is 5.81. The molecule has 32 heavy (non-hydrogen) atoms. The van der Waals surface area contributed by atoms with E-state index in [-0.39, 0.29) is 22.4 Å². The van der Waals surface area contributed by atoms with Gasteiger partial charge in [0, 0.05) is 18.3 Å². The molecule has 0 saturated heterocycles. The van der Waals surface area contributed by atoms with E-state index < -0.39 is 10.0 Å². The zero-order valence-corrected chi connectivity index (χ0v) is 18.3. The fourth-order valence-electron chi connectivity index (χ4n) is 3.04. The van der Waals surface area contributed by atoms with E-state index in [1.54, 1.807) is 60.7 Å². The predicted molar refractivity (Wildman–Crippen MR) is 126 cm³/mol. The fraction of sp³-hybridized carbons (Fsp3) is 0.0870. The van der Waals surface area contributed by atoms with E-state index in [1.807, 2.05) is 19.1 Å². The molecule has 9 heteroatoms. The molecule has 0 aliphatic carbocycles. The van der Waals surface area contributed by atoms with Crippen LogP contribution in [0, 0.1) is 6.92 Å². The molecule has 1 heterocycles. The van der Waals surface area contributed by atoms with Crippen LogP contribution in [0.2, 0.25) is 0 Å². The van der Waals surface area contributed by atoms with Crippen LogP contribution in [-0.2, 0) is 14.8 Å². The second-order valence-electron chi connectivity index (χ2n) is 7.21. The fourth-order valence-corrected chi connectivity index (χ4v) is 4.05. The summed E-state index contributed by atoms with van der Waals surface area (Å²) in [7, 11) is -3.87. The number of aryl methyl sites for hydroxylation is 1. The molecule has 0 saturated carbocycles. The number of fused-ring (bicyclic) bond motifs is 1. The summed E-state index contributed by atoms with van der Waals surface area (Å²) in [6.45, 7) is 3.32. The third-order valence-electron chi connectivity index (χ3n) is 4.60. The Morgan fingerprint density at radius 1 is 0.781 bits per heavy atom. The van der Waals surface area contributed by atoms with Crippen LogP contribution in [-0.4, -0.2) is 24.3 Å². The van der Waals surface area contributed by atoms with Crippen LogP contribution < -0.4 is 15.4 Å². The molecule has 0 fully saturated rings. The van der Waals surface area contributed by atoms with Crippen LogP contribution >= 0.6 is 0 Å². The third-order valence-corrected chi connectivity index (χ3v) is 5.96. The highest BCUT2D eigenvalue weighted by Gasteiger charge is 2.19. The summed E-state index contributed by atoms with van der Waals surface area (Å²) in [5.41, 5.74) is 3.43. The maximum Gasteiger partial charge on any atom is 0.263 e. The van der Waals surface area contributed by atoms with E-state index >= 15 is 0 Å². The van der Waals surface area contributed by atoms with Crippen molar-refractivity contribution in [3.8, 4) is 0 Å². The number of sulfonamides is 1. The van der Waals surface area contributed by atoms with E-state index in [1.165, 1.54) is 6.92 Å². The van der Waals surface area contributed by atoms with Crippen molar-refractivity contribution >= 4 is 50.0 Å². The number of rotatable bonds is 6. The lowest BCUT2D eigenvalue weighted by Gasteiger charge is -2.14. The second kappa shape index (κ2) is 8.64. The first-order valence-corrected chi connectivity index (χ1v) is 11.3. The van der Waals surface area contributed by atoms with Gasteiger partial charge in [-0.3, -0.25) is 9.52 Å². The molecule has 4 aromatic rings. The van der Waals surface area contributed by atoms with Crippen molar-refractivity contribution in [1.29, 1.82) is 0 Å². The van der Waals surface area contributed by atoms with Gasteiger partial charge in [-0.25, -0.2) is 18.4 Å². The van der Waals surface area contributed by atoms with Crippen molar-refractivity contribution in [2.45, 2.75) is 18.7 Å². The number of benzene rings is 3. The number of amides is 1. The average Bonchev–Trinajstić information content (AvgIpc) is 2.75. The molecule has 0 unspecified atom stereocenters. The predicted octanol–water partition coefficient (Wildman–Crippen LogP) is 4.44. The molecule has 0 atom stereocenters. The Bertz CT molecular complexity index is 1390. The summed E-state index contributed by atoms with van der Waals surface area (Å²) < 4.78 is 28.5. The summed E-state index contributed by atoms with van der Waals surface area (Å²) in [4.78, 5) is 20.4. The first-order valence-electron chi connectivity index (χ1n) is 9.81. The van der Waals surface area contributed by atoms with Gasteiger partial charge in [-0.2, -0.15) is 0 Å². The Balaban J connectivity index is 1.70. The highest BCUT2D eigenvalue weighted by molar-refractivity contribution is 7.92. The van der Waals surface area contributed by atoms with Gasteiger partial charge in [0.1, 0.15) is 0 Å². The number of carbonyl (C=O) groups is 1. The van der Waals surface area contributed by atoms with Crippen molar-refractivity contribution in [3.63, 3.8) is 0 Å². The molecule has 0 aliphatic heterocycles. The molecule has 1 aromatic heterocycles. The van der Waals surface area contributed by atoms with Gasteiger partial charge in [0.05, 0.1) is 15.9 Å². The summed E-state index contributed by atoms with van der Waals surface area (Å²) >= 11 is 0. The van der Waals surface area contributed by atoms with Gasteiger partial charge in [-0.1, -0.05) is 29.8 Å². The Morgan fingerprint density at radius 3 is 1.94 bits per heavy atom. The highest BCUT2D eigenvalue weighted by atomic mass is 32.2. The minimum Gasteiger partial charge on any atom is -0.337 e. The Kier molecular flexibility index (Phi) is 5.74. The molecule has 4 rings (SSSR count). The van der Waals surface area contributed by atoms with Crippen molar-refractivity contribution in [2.75, 3.05) is 15.4 Å². The normalized spacial score (nSPS) is 11.2. The number of nitrogens with one attached hydrogen (secondary N) is 3. The maximum atomic E-state index is 13.0. The van der Waals surface area contributed by atoms with E-state index in [2.05, 4.69) is 25.3 Å². The SMILES string of the molecule is CC(=O)Nc1ccc(Nc2nc3ccccc3nc2NS(=O)(=O)c2ccc(C)cc2)cc1. The van der Waals surface area contributed by atoms with Crippen LogP contribution in [0.1, 0.15) is 12.5 Å². The molecule has 3 N–H and O–H groups in total. The zero-order valence-electron chi connectivity index (χ0n) is 17.5. The Labute approximate surface area is 185 Å². The Hall–Kier alpha value is -3.98. The van der Waals surface area contributed by atoms with E-state index in [9.17, 15) is 13.2 Å². The van der Waals surface area contributed by atoms with Gasteiger partial charge in [-0.05, 0) is 55.5 Å². The first-order chi connectivity index (χ1) is 15.3. The number of anilines is 4. The van der Waals surface area contributed by atoms with Crippen LogP contribution in [0.15, 0.2) is 77.7 Å². The van der Waals surface area contributed by atoms with E-state index in [0.29, 0.717) is 22.4 Å². The molecule has 162 valence electrons. The van der Waals surface area contributed by atoms with Crippen LogP contribution in [0.4, 0.5) is 23.0 Å². The van der Waals surface area contributed by atoms with Crippen LogP contribution in [0.25, 0.3) is 11.0 Å². The molecule has 3 aromatic carbocycles. The Morgan fingerprint density at radius 2 is 1.34 bits per heavy atom. The number of aromatic nitrogens is 2. The van der Waals surface area contributed by atoms with Crippen molar-refractivity contribution in [1.82, 2.24) is 9.97 Å². The molecule has 0 aliphatic rings. The van der Waals surface area contributed by atoms with Crippen molar-refractivity contribution in [2.24, 2.45) is 0 Å². The third kappa shape index (κ3) is 4.84. The monoisotopic (exact) mass is 447 g/mol. The van der Waals surface area contributed by atoms with Gasteiger partial charge in [-0.15, -0.1) is 0 Å². The lowest BCUT2D eigenvalue weighted by atomic mass is 10.2. The van der Waals surface area contributed by atoms with Crippen molar-refractivity contribution < 1.29 is 13.2 Å². The van der Waals surface area contributed by atoms with Crippen molar-refractivity contribution in [3.05, 3.63) is 78.4 Å². The molecule has 0 radical (unpaired) electrons. The maximum absolute atomic E-state index is 13.0. The number of hydrogen-bond acceptors (Lipinski definition) is 6. The summed E-state index contributed by atoms with van der Waals surface area (Å²) in [6, 6.07) is 20.7. The lowest BCUT2D eigenvalue weighted by molar-refractivity contribution is -0.114. The van der Waals surface area contributed by atoms with Crippen LogP contribution in [0.3, 0.4) is 0 Å². The average molecular weight is 448 g/mol. The number of para-hydroxylation sites is 2. The highest BCUT2D eigenvalue weighted by Crippen LogP contribution is 2.27. The van der Waals surface area contributed by atoms with E-state index in [0.717, 1.165) is 5.56 Å². The van der Waals surface area contributed by atoms with Crippen LogP contribution in [0.5, 0.6) is 0 Å². The molecular weight excluding hydrogens is 426 g/mol. The van der Waals surface area contributed by atoms with Gasteiger partial charge in [0.15, 0.2) is 11.6 Å². The van der Waals surface area contributed by atoms with Gasteiger partial charge in [0.25, 0.3) is 10.0 Å². The minimum atomic E-state index is -3.87. The number of nitrogens with zero attached hydrogens (tertiary/aromatic N) is 2. The van der Waals surface area contributed by atoms with Gasteiger partial charge in [0.2, 0.25) is 5.91 Å². The first kappa shape index (κ1) is 21.3. The topological polar surface area (TPSA) is 113 Å². The zero-order chi connectivity index (χ0) is 22.7. The quantitative estimate of drug-likeness (QED) is 0.403. The number of hydrogen-bond donors (Lipinski definition) is 3. The summed E-state index contributed by atoms with van der Waals surface area (Å²) in [5.74, 6) is 0.167. The largest absolute Gasteiger partial charge is 0.337 e. The van der Waals surface area contributed by atoms with Gasteiger partial charge < -0.3 is 10.6 Å². The van der Waals surface area contributed by atoms with Gasteiger partial charge >= 0.3 is 0 Å². The molecule has 1 amide bonds. The lowest BCUT2D eigenvalue weighted by Crippen LogP contribution is -2.16. The molecule has 8 nitrogen and oxygen atoms in total. The summed E-state index contributed by atoms with van der Waals surface area (Å²) in [6.07, 6.45) is 0. The van der Waals surface area contributed by atoms with E-state index in [4.69, 9.17) is 0 Å². The number of carbonyl (C=O) groups excluding carboxylic acids is 1. The smallest absolute Gasteiger partial charge is 0.263 e. The molecule has 0 spiro atoms. The molecular formula is C23H21N5O3S. The molecule has 0 bridgehead atoms. The minimum absolute atomic E-state index is 0.0789.